The van der Waals surface area contributed by atoms with Crippen molar-refractivity contribution in [2.45, 2.75) is 30.7 Å². The van der Waals surface area contributed by atoms with Crippen LogP contribution in [0.15, 0.2) is 40.3 Å². The first-order valence-corrected chi connectivity index (χ1v) is 8.85. The Morgan fingerprint density at radius 3 is 3.00 bits per heavy atom. The number of nitrogens with one attached hydrogen (secondary N) is 1. The molecule has 0 saturated heterocycles. The van der Waals surface area contributed by atoms with Gasteiger partial charge in [-0.15, -0.1) is 0 Å². The molecule has 3 heterocycles. The Morgan fingerprint density at radius 1 is 1.35 bits per heavy atom. The molecule has 1 N–H and O–H groups in total. The predicted octanol–water partition coefficient (Wildman–Crippen LogP) is 2.02. The van der Waals surface area contributed by atoms with Crippen LogP contribution < -0.4 is 4.72 Å². The van der Waals surface area contributed by atoms with Gasteiger partial charge in [0.25, 0.3) is 10.0 Å². The van der Waals surface area contributed by atoms with E-state index in [2.05, 4.69) is 20.0 Å². The Balaban J connectivity index is 1.57. The molecule has 3 aromatic rings. The second kappa shape index (κ2) is 5.34. The summed E-state index contributed by atoms with van der Waals surface area (Å²) in [6, 6.07) is 1.64. The van der Waals surface area contributed by atoms with Gasteiger partial charge in [-0.2, -0.15) is 5.10 Å². The van der Waals surface area contributed by atoms with Crippen LogP contribution in [0.5, 0.6) is 0 Å². The van der Waals surface area contributed by atoms with Gasteiger partial charge in [-0.1, -0.05) is 11.6 Å². The van der Waals surface area contributed by atoms with Gasteiger partial charge in [-0.25, -0.2) is 8.42 Å². The molecule has 0 radical (unpaired) electrons. The topological polar surface area (TPSA) is 103 Å². The van der Waals surface area contributed by atoms with E-state index in [9.17, 15) is 8.42 Å². The Morgan fingerprint density at radius 2 is 2.22 bits per heavy atom. The van der Waals surface area contributed by atoms with Crippen LogP contribution in [0.4, 0.5) is 5.82 Å². The average molecular weight is 333 g/mol. The fraction of sp³-hybridized carbons (Fsp3) is 0.357. The minimum absolute atomic E-state index is 0.113. The number of hydrogen-bond acceptors (Lipinski definition) is 6. The van der Waals surface area contributed by atoms with Crippen LogP contribution in [0.25, 0.3) is 11.0 Å². The first kappa shape index (κ1) is 14.2. The summed E-state index contributed by atoms with van der Waals surface area (Å²) in [5.74, 6) is 0.750. The summed E-state index contributed by atoms with van der Waals surface area (Å²) in [7, 11) is -3.75. The molecule has 9 heteroatoms. The van der Waals surface area contributed by atoms with Gasteiger partial charge in [0.05, 0.1) is 17.8 Å². The highest BCUT2D eigenvalue weighted by Crippen LogP contribution is 2.28. The number of anilines is 1. The maximum Gasteiger partial charge on any atom is 0.266 e. The number of nitrogens with zero attached hydrogens (tertiary/aromatic N) is 4. The van der Waals surface area contributed by atoms with Crippen molar-refractivity contribution in [1.29, 1.82) is 0 Å². The normalized spacial score (nSPS) is 15.7. The molecule has 4 rings (SSSR count). The highest BCUT2D eigenvalue weighted by molar-refractivity contribution is 7.92. The van der Waals surface area contributed by atoms with Crippen LogP contribution in [0.3, 0.4) is 0 Å². The van der Waals surface area contributed by atoms with Gasteiger partial charge in [-0.3, -0.25) is 14.4 Å². The number of aromatic nitrogens is 4. The molecule has 0 bridgehead atoms. The molecule has 1 fully saturated rings. The zero-order valence-electron chi connectivity index (χ0n) is 12.2. The van der Waals surface area contributed by atoms with Gasteiger partial charge in [-0.05, 0) is 24.8 Å². The third-order valence-corrected chi connectivity index (χ3v) is 5.39. The van der Waals surface area contributed by atoms with Crippen molar-refractivity contribution in [3.8, 4) is 0 Å². The molecule has 1 aliphatic carbocycles. The summed E-state index contributed by atoms with van der Waals surface area (Å²) in [4.78, 5) is 4.01. The van der Waals surface area contributed by atoms with Gasteiger partial charge in [0.15, 0.2) is 11.4 Å². The molecule has 8 nitrogen and oxygen atoms in total. The Hall–Kier alpha value is -2.42. The largest absolute Gasteiger partial charge is 0.352 e. The quantitative estimate of drug-likeness (QED) is 0.766. The van der Waals surface area contributed by atoms with Gasteiger partial charge in [0.2, 0.25) is 0 Å². The summed E-state index contributed by atoms with van der Waals surface area (Å²) in [5.41, 5.74) is 0.422. The minimum atomic E-state index is -3.75. The van der Waals surface area contributed by atoms with Crippen LogP contribution in [0.2, 0.25) is 0 Å². The van der Waals surface area contributed by atoms with E-state index in [1.165, 1.54) is 31.7 Å². The summed E-state index contributed by atoms with van der Waals surface area (Å²) >= 11 is 0. The number of pyridine rings is 1. The molecular formula is C14H15N5O3S. The van der Waals surface area contributed by atoms with E-state index in [1.807, 2.05) is 0 Å². The maximum absolute atomic E-state index is 12.5. The molecule has 1 aliphatic rings. The van der Waals surface area contributed by atoms with Gasteiger partial charge >= 0.3 is 0 Å². The Bertz CT molecular complexity index is 942. The van der Waals surface area contributed by atoms with Crippen LogP contribution in [-0.2, 0) is 16.6 Å². The zero-order chi connectivity index (χ0) is 15.9. The van der Waals surface area contributed by atoms with Crippen LogP contribution in [0.1, 0.15) is 19.3 Å². The molecule has 0 aliphatic heterocycles. The van der Waals surface area contributed by atoms with Crippen molar-refractivity contribution in [3.63, 3.8) is 0 Å². The highest BCUT2D eigenvalue weighted by atomic mass is 32.2. The molecular weight excluding hydrogens is 318 g/mol. The Kier molecular flexibility index (Phi) is 3.29. The molecule has 3 aromatic heterocycles. The molecule has 120 valence electrons. The summed E-state index contributed by atoms with van der Waals surface area (Å²) in [5, 5.41) is 8.45. The predicted molar refractivity (Wildman–Crippen MR) is 82.2 cm³/mol. The van der Waals surface area contributed by atoms with E-state index in [1.54, 1.807) is 23.1 Å². The van der Waals surface area contributed by atoms with Crippen molar-refractivity contribution in [3.05, 3.63) is 30.9 Å². The van der Waals surface area contributed by atoms with Crippen LogP contribution >= 0.6 is 0 Å². The molecule has 0 unspecified atom stereocenters. The minimum Gasteiger partial charge on any atom is -0.352 e. The summed E-state index contributed by atoms with van der Waals surface area (Å²) in [6.07, 6.45) is 9.53. The fourth-order valence-corrected chi connectivity index (χ4v) is 3.54. The summed E-state index contributed by atoms with van der Waals surface area (Å²) < 4.78 is 34.1. The Labute approximate surface area is 132 Å². The van der Waals surface area contributed by atoms with Gasteiger partial charge < -0.3 is 4.52 Å². The average Bonchev–Trinajstić information content (AvgIpc) is 3.11. The van der Waals surface area contributed by atoms with Crippen molar-refractivity contribution >= 4 is 26.8 Å². The lowest BCUT2D eigenvalue weighted by Gasteiger charge is -2.24. The zero-order valence-corrected chi connectivity index (χ0v) is 13.0. The first-order valence-electron chi connectivity index (χ1n) is 7.36. The number of fused-ring (bicyclic) bond motifs is 1. The molecule has 1 saturated carbocycles. The standard InChI is InChI=1S/C14H15N5O3S/c20-23(21,11-6-16-19(9-11)8-10-2-1-3-10)18-14-12-4-5-15-7-13(12)22-17-14/h4-7,9-10H,1-3,8H2,(H,17,18). The fourth-order valence-electron chi connectivity index (χ4n) is 2.58. The van der Waals surface area contributed by atoms with Crippen molar-refractivity contribution in [2.24, 2.45) is 5.92 Å². The molecule has 0 atom stereocenters. The van der Waals surface area contributed by atoms with E-state index < -0.39 is 10.0 Å². The smallest absolute Gasteiger partial charge is 0.266 e. The van der Waals surface area contributed by atoms with Gasteiger partial charge in [0, 0.05) is 18.9 Å². The molecule has 0 amide bonds. The number of rotatable bonds is 5. The van der Waals surface area contributed by atoms with Crippen LogP contribution in [0, 0.1) is 5.92 Å². The van der Waals surface area contributed by atoms with E-state index in [0.717, 1.165) is 6.54 Å². The monoisotopic (exact) mass is 333 g/mol. The summed E-state index contributed by atoms with van der Waals surface area (Å²) in [6.45, 7) is 0.758. The molecule has 0 aromatic carbocycles. The second-order valence-corrected chi connectivity index (χ2v) is 7.39. The van der Waals surface area contributed by atoms with Crippen LogP contribution in [-0.4, -0.2) is 28.3 Å². The van der Waals surface area contributed by atoms with Gasteiger partial charge in [0.1, 0.15) is 4.90 Å². The van der Waals surface area contributed by atoms with E-state index in [0.29, 0.717) is 16.9 Å². The van der Waals surface area contributed by atoms with E-state index >= 15 is 0 Å². The molecule has 0 spiro atoms. The lowest BCUT2D eigenvalue weighted by atomic mass is 9.85. The lowest BCUT2D eigenvalue weighted by Crippen LogP contribution is -2.18. The SMILES string of the molecule is O=S(=O)(Nc1noc2cnccc12)c1cnn(CC2CCC2)c1. The number of hydrogen-bond donors (Lipinski definition) is 1. The highest BCUT2D eigenvalue weighted by Gasteiger charge is 2.22. The van der Waals surface area contributed by atoms with Crippen molar-refractivity contribution < 1.29 is 12.9 Å². The maximum atomic E-state index is 12.5. The van der Waals surface area contributed by atoms with Crippen molar-refractivity contribution in [1.82, 2.24) is 19.9 Å². The van der Waals surface area contributed by atoms with E-state index in [-0.39, 0.29) is 10.7 Å². The molecule has 23 heavy (non-hydrogen) atoms. The number of sulfonamides is 1. The second-order valence-electron chi connectivity index (χ2n) is 5.70. The third kappa shape index (κ3) is 2.67. The van der Waals surface area contributed by atoms with Crippen molar-refractivity contribution in [2.75, 3.05) is 4.72 Å². The first-order chi connectivity index (χ1) is 11.1. The van der Waals surface area contributed by atoms with E-state index in [4.69, 9.17) is 4.52 Å². The lowest BCUT2D eigenvalue weighted by molar-refractivity contribution is 0.266. The third-order valence-electron chi connectivity index (χ3n) is 4.10.